The summed E-state index contributed by atoms with van der Waals surface area (Å²) in [7, 11) is -8.71. The van der Waals surface area contributed by atoms with Gasteiger partial charge in [-0.1, -0.05) is 158 Å². The molecule has 12 aromatic rings. The lowest BCUT2D eigenvalue weighted by atomic mass is 9.82. The Balaban J connectivity index is 0.852. The number of allylic oxidation sites excluding steroid dienone is 2. The molecule has 0 aliphatic carbocycles. The van der Waals surface area contributed by atoms with Gasteiger partial charge in [0.25, 0.3) is 31.8 Å². The normalized spacial score (nSPS) is 12.6. The summed E-state index contributed by atoms with van der Waals surface area (Å²) in [6.07, 6.45) is 13.2. The van der Waals surface area contributed by atoms with Crippen LogP contribution in [0.1, 0.15) is 45.2 Å². The van der Waals surface area contributed by atoms with Crippen LogP contribution in [0.15, 0.2) is 254 Å². The van der Waals surface area contributed by atoms with Gasteiger partial charge in [-0.25, -0.2) is 45.6 Å². The van der Waals surface area contributed by atoms with Gasteiger partial charge in [-0.2, -0.15) is 9.97 Å². The molecule has 0 fully saturated rings. The van der Waals surface area contributed by atoms with Gasteiger partial charge in [0.2, 0.25) is 0 Å². The zero-order chi connectivity index (χ0) is 60.6. The molecule has 0 aliphatic heterocycles. The zero-order valence-corrected chi connectivity index (χ0v) is 48.0. The molecule has 88 heavy (non-hydrogen) atoms. The Kier molecular flexibility index (Phi) is 16.5. The maximum atomic E-state index is 15.6. The molecule has 2 atom stereocenters. The second kappa shape index (κ2) is 25.3. The summed E-state index contributed by atoms with van der Waals surface area (Å²) in [6.45, 7) is 1.10. The minimum absolute atomic E-state index is 0.112. The number of hydrogen-bond donors (Lipinski definition) is 2. The highest BCUT2D eigenvalue weighted by molar-refractivity contribution is 7.93. The fraction of sp³-hybridized carbons (Fsp3) is 0.0597. The highest BCUT2D eigenvalue weighted by atomic mass is 32.2. The number of nitrogens with one attached hydrogen (secondary N) is 2. The van der Waals surface area contributed by atoms with Crippen LogP contribution in [0.2, 0.25) is 0 Å². The largest absolute Gasteiger partial charge is 0.437 e. The highest BCUT2D eigenvalue weighted by Crippen LogP contribution is 2.35. The van der Waals surface area contributed by atoms with Crippen molar-refractivity contribution in [3.8, 4) is 23.3 Å². The predicted octanol–water partition coefficient (Wildman–Crippen LogP) is 13.4. The van der Waals surface area contributed by atoms with E-state index in [9.17, 15) is 25.6 Å². The minimum atomic E-state index is -4.35. The third kappa shape index (κ3) is 13.1. The number of carbonyl (C=O) groups is 1. The molecular formula is C67H50F2N10O7S2. The number of imidazole rings is 2. The second-order valence-electron chi connectivity index (χ2n) is 20.2. The van der Waals surface area contributed by atoms with Crippen LogP contribution in [-0.2, 0) is 37.9 Å². The number of aromatic nitrogens is 8. The number of sulfonamides is 2. The van der Waals surface area contributed by atoms with E-state index in [1.165, 1.54) is 61.2 Å². The number of rotatable bonds is 22. The molecule has 0 amide bonds. The molecule has 0 radical (unpaired) electrons. The van der Waals surface area contributed by atoms with Crippen LogP contribution in [0.4, 0.5) is 20.2 Å². The van der Waals surface area contributed by atoms with Crippen LogP contribution in [0.5, 0.6) is 23.3 Å². The molecule has 2 unspecified atom stereocenters. The van der Waals surface area contributed by atoms with Crippen LogP contribution < -0.4 is 18.9 Å². The summed E-state index contributed by atoms with van der Waals surface area (Å²) in [4.78, 5) is 41.3. The van der Waals surface area contributed by atoms with Crippen LogP contribution in [0.25, 0.3) is 34.5 Å². The number of benzene rings is 8. The lowest BCUT2D eigenvalue weighted by molar-refractivity contribution is -0.120. The SMILES string of the molecule is O=C(C(/C=C/c1ccc(Oc2ncnc3c2ncn3Cc2ccccc2)cc1)c1ccc(NS(=O)(=O)c2ccccc2F)cc1)C(/C=C/c1ccc(Oc2ncnc3c2ncn3Cc2ccccc2)cc1)c1ccc(NS(=O)(=O)c2ccccc2F)cc1. The standard InChI is InChI=1S/C67H50F2N10O7S2/c68-57-15-7-9-17-59(57)87(81,82)76-51-29-25-49(26-30-51)55(37-23-45-19-33-53(34-20-45)85-66-61-64(70-41-72-66)78(43-74-61)39-47-11-3-1-4-12-47)63(80)56(50-27-31-52(32-28-50)77-88(83,84)60-18-10-8-16-58(60)69)38-24-46-21-35-54(36-22-46)86-67-62-65(71-42-73-67)79(44-75-62)40-48-13-5-2-6-14-48/h1-38,41-44,55-56,76-77H,39-40H2/b37-23+,38-24+. The third-order valence-electron chi connectivity index (χ3n) is 14.2. The van der Waals surface area contributed by atoms with Crippen molar-refractivity contribution in [1.82, 2.24) is 39.0 Å². The van der Waals surface area contributed by atoms with E-state index in [0.29, 0.717) is 69.2 Å². The molecule has 0 saturated carbocycles. The molecular weight excluding hydrogens is 1160 g/mol. The summed E-state index contributed by atoms with van der Waals surface area (Å²) in [5, 5.41) is 0. The summed E-state index contributed by atoms with van der Waals surface area (Å²) in [5.41, 5.74) is 6.82. The first-order valence-corrected chi connectivity index (χ1v) is 30.4. The van der Waals surface area contributed by atoms with Gasteiger partial charge in [-0.15, -0.1) is 0 Å². The van der Waals surface area contributed by atoms with Gasteiger partial charge in [0.05, 0.1) is 37.6 Å². The molecule has 17 nitrogen and oxygen atoms in total. The Hall–Kier alpha value is -11.0. The minimum Gasteiger partial charge on any atom is -0.437 e. The number of hydrogen-bond acceptors (Lipinski definition) is 13. The Bertz CT molecular complexity index is 4470. The number of ether oxygens (including phenoxy) is 2. The lowest BCUT2D eigenvalue weighted by Gasteiger charge is -2.20. The van der Waals surface area contributed by atoms with E-state index in [-0.39, 0.29) is 28.9 Å². The molecule has 0 bridgehead atoms. The number of ketones is 1. The van der Waals surface area contributed by atoms with E-state index >= 15 is 4.79 Å². The highest BCUT2D eigenvalue weighted by Gasteiger charge is 2.28. The molecule has 4 heterocycles. The van der Waals surface area contributed by atoms with E-state index in [2.05, 4.69) is 39.3 Å². The van der Waals surface area contributed by atoms with Crippen molar-refractivity contribution < 1.29 is 39.9 Å². The van der Waals surface area contributed by atoms with E-state index in [1.807, 2.05) is 69.8 Å². The molecule has 12 rings (SSSR count). The molecule has 4 aromatic heterocycles. The topological polar surface area (TPSA) is 215 Å². The van der Waals surface area contributed by atoms with Crippen LogP contribution in [-0.4, -0.2) is 61.7 Å². The fourth-order valence-corrected chi connectivity index (χ4v) is 12.1. The summed E-state index contributed by atoms with van der Waals surface area (Å²) in [6, 6.07) is 56.4. The van der Waals surface area contributed by atoms with Gasteiger partial charge < -0.3 is 18.6 Å². The van der Waals surface area contributed by atoms with Gasteiger partial charge in [-0.3, -0.25) is 14.2 Å². The molecule has 0 saturated heterocycles. The first kappa shape index (κ1) is 57.4. The average Bonchev–Trinajstić information content (AvgIpc) is 2.71. The number of anilines is 2. The average molecular weight is 1210 g/mol. The van der Waals surface area contributed by atoms with Crippen molar-refractivity contribution in [2.24, 2.45) is 0 Å². The second-order valence-corrected chi connectivity index (χ2v) is 23.5. The van der Waals surface area contributed by atoms with E-state index in [1.54, 1.807) is 110 Å². The van der Waals surface area contributed by atoms with E-state index in [4.69, 9.17) is 9.47 Å². The smallest absolute Gasteiger partial charge is 0.264 e. The van der Waals surface area contributed by atoms with Gasteiger partial charge in [-0.05, 0) is 106 Å². The number of fused-ring (bicyclic) bond motifs is 2. The van der Waals surface area contributed by atoms with Crippen LogP contribution >= 0.6 is 0 Å². The fourth-order valence-electron chi connectivity index (χ4n) is 9.79. The first-order chi connectivity index (χ1) is 42.8. The Morgan fingerprint density at radius 2 is 0.830 bits per heavy atom. The molecule has 436 valence electrons. The summed E-state index contributed by atoms with van der Waals surface area (Å²) >= 11 is 0. The Morgan fingerprint density at radius 3 is 1.22 bits per heavy atom. The molecule has 21 heteroatoms. The zero-order valence-electron chi connectivity index (χ0n) is 46.3. The van der Waals surface area contributed by atoms with Gasteiger partial charge in [0, 0.05) is 11.4 Å². The lowest BCUT2D eigenvalue weighted by Crippen LogP contribution is -2.19. The molecule has 2 N–H and O–H groups in total. The number of nitrogens with zero attached hydrogens (tertiary/aromatic N) is 8. The predicted molar refractivity (Wildman–Crippen MR) is 331 cm³/mol. The van der Waals surface area contributed by atoms with Crippen molar-refractivity contribution in [1.29, 1.82) is 0 Å². The van der Waals surface area contributed by atoms with Crippen LogP contribution in [0.3, 0.4) is 0 Å². The quantitative estimate of drug-likeness (QED) is 0.0647. The first-order valence-electron chi connectivity index (χ1n) is 27.4. The summed E-state index contributed by atoms with van der Waals surface area (Å²) in [5.74, 6) is -2.79. The summed E-state index contributed by atoms with van der Waals surface area (Å²) < 4.78 is 104. The van der Waals surface area contributed by atoms with Crippen molar-refractivity contribution in [2.45, 2.75) is 34.7 Å². The number of halogens is 2. The van der Waals surface area contributed by atoms with Gasteiger partial charge >= 0.3 is 0 Å². The molecule has 8 aromatic carbocycles. The van der Waals surface area contributed by atoms with E-state index < -0.39 is 53.3 Å². The maximum Gasteiger partial charge on any atom is 0.264 e. The van der Waals surface area contributed by atoms with Crippen LogP contribution in [0, 0.1) is 11.6 Å². The third-order valence-corrected chi connectivity index (χ3v) is 17.0. The van der Waals surface area contributed by atoms with E-state index in [0.717, 1.165) is 35.4 Å². The van der Waals surface area contributed by atoms with Crippen molar-refractivity contribution >= 4 is 71.7 Å². The molecule has 0 spiro atoms. The number of carbonyl (C=O) groups excluding carboxylic acids is 1. The van der Waals surface area contributed by atoms with Gasteiger partial charge in [0.1, 0.15) is 45.6 Å². The monoisotopic (exact) mass is 1210 g/mol. The molecule has 0 aliphatic rings. The van der Waals surface area contributed by atoms with Gasteiger partial charge in [0.15, 0.2) is 28.1 Å². The van der Waals surface area contributed by atoms with Crippen molar-refractivity contribution in [3.63, 3.8) is 0 Å². The van der Waals surface area contributed by atoms with Crippen molar-refractivity contribution in [2.75, 3.05) is 9.44 Å². The maximum absolute atomic E-state index is 15.6. The Labute approximate surface area is 504 Å². The van der Waals surface area contributed by atoms with Crippen molar-refractivity contribution in [3.05, 3.63) is 289 Å². The Morgan fingerprint density at radius 1 is 0.455 bits per heavy atom. The number of Topliss-reactive ketones (excluding diaryl/α,β-unsaturated/α-hetero) is 1.